The quantitative estimate of drug-likeness (QED) is 0.231. The zero-order chi connectivity index (χ0) is 51.9. The third-order valence-corrected chi connectivity index (χ3v) is 17.9. The molecule has 0 aromatic rings. The van der Waals surface area contributed by atoms with E-state index in [1.54, 1.807) is 7.11 Å². The molecule has 0 bridgehead atoms. The van der Waals surface area contributed by atoms with E-state index in [1.165, 1.54) is 168 Å². The number of β-amino-alcohol motifs (C(OH)–C–C–N with tert-alkyl or cyclic N) is 1. The lowest BCUT2D eigenvalue weighted by molar-refractivity contribution is 0.125. The van der Waals surface area contributed by atoms with Gasteiger partial charge in [0.2, 0.25) is 0 Å². The second-order valence-corrected chi connectivity index (χ2v) is 23.8. The zero-order valence-corrected chi connectivity index (χ0v) is 50.1. The maximum Gasteiger partial charge on any atom is 0.0589 e. The van der Waals surface area contributed by atoms with Crippen molar-refractivity contribution in [3.8, 4) is 0 Å². The van der Waals surface area contributed by atoms with Gasteiger partial charge in [-0.05, 0) is 250 Å². The third kappa shape index (κ3) is 27.7. The normalized spacial score (nSPS) is 32.5. The van der Waals surface area contributed by atoms with Crippen molar-refractivity contribution in [1.29, 1.82) is 0 Å². The van der Waals surface area contributed by atoms with Crippen molar-refractivity contribution in [1.82, 2.24) is 34.3 Å². The molecule has 9 nitrogen and oxygen atoms in total. The van der Waals surface area contributed by atoms with Gasteiger partial charge >= 0.3 is 0 Å². The van der Waals surface area contributed by atoms with Crippen LogP contribution in [0.25, 0.3) is 0 Å². The molecule has 0 aromatic carbocycles. The van der Waals surface area contributed by atoms with Crippen molar-refractivity contribution in [2.45, 2.75) is 287 Å². The van der Waals surface area contributed by atoms with Crippen molar-refractivity contribution in [3.63, 3.8) is 0 Å². The summed E-state index contributed by atoms with van der Waals surface area (Å²) in [5.41, 5.74) is 0. The second kappa shape index (κ2) is 39.1. The molecule has 0 spiro atoms. The van der Waals surface area contributed by atoms with Gasteiger partial charge < -0.3 is 29.4 Å². The molecule has 9 heteroatoms. The summed E-state index contributed by atoms with van der Waals surface area (Å²) >= 11 is 0. The molecule has 1 aliphatic carbocycles. The summed E-state index contributed by atoms with van der Waals surface area (Å²) in [6, 6.07) is 7.82. The molecule has 1 saturated carbocycles. The molecule has 7 saturated heterocycles. The Morgan fingerprint density at radius 3 is 1.07 bits per heavy atom. The molecule has 0 aromatic heterocycles. The van der Waals surface area contributed by atoms with Crippen LogP contribution in [-0.4, -0.2) is 193 Å². The minimum Gasteiger partial charge on any atom is -0.395 e. The predicted octanol–water partition coefficient (Wildman–Crippen LogP) is 12.6. The minimum atomic E-state index is 0.300. The molecule has 7 aliphatic heterocycles. The number of aliphatic hydroxyl groups is 1. The molecule has 8 aliphatic rings. The van der Waals surface area contributed by atoms with Gasteiger partial charge in [-0.15, -0.1) is 0 Å². The molecule has 1 N–H and O–H groups in total. The molecule has 11 atom stereocenters. The van der Waals surface area contributed by atoms with Crippen LogP contribution in [0.4, 0.5) is 0 Å². The lowest BCUT2D eigenvalue weighted by Crippen LogP contribution is -2.35. The van der Waals surface area contributed by atoms with Gasteiger partial charge in [0, 0.05) is 80.6 Å². The molecule has 0 amide bonds. The minimum absolute atomic E-state index is 0.300. The Morgan fingerprint density at radius 2 is 0.826 bits per heavy atom. The van der Waals surface area contributed by atoms with E-state index in [9.17, 15) is 0 Å². The Morgan fingerprint density at radius 1 is 0.464 bits per heavy atom. The Hall–Kier alpha value is -0.360. The summed E-state index contributed by atoms with van der Waals surface area (Å²) in [4.78, 5) is 17.5. The highest BCUT2D eigenvalue weighted by Crippen LogP contribution is 2.29. The van der Waals surface area contributed by atoms with E-state index in [-0.39, 0.29) is 0 Å². The van der Waals surface area contributed by atoms with Gasteiger partial charge in [-0.2, -0.15) is 0 Å². The number of hydrogen-bond acceptors (Lipinski definition) is 9. The zero-order valence-electron chi connectivity index (χ0n) is 50.1. The first kappa shape index (κ1) is 66.7. The number of ether oxygens (including phenoxy) is 1. The molecular formula is C60H127N7O2. The van der Waals surface area contributed by atoms with Crippen molar-refractivity contribution in [2.24, 2.45) is 11.8 Å². The van der Waals surface area contributed by atoms with Crippen LogP contribution in [0, 0.1) is 11.8 Å². The second-order valence-electron chi connectivity index (χ2n) is 23.8. The van der Waals surface area contributed by atoms with Crippen LogP contribution in [0.15, 0.2) is 0 Å². The summed E-state index contributed by atoms with van der Waals surface area (Å²) in [5, 5.41) is 8.72. The van der Waals surface area contributed by atoms with Crippen molar-refractivity contribution in [3.05, 3.63) is 0 Å². The summed E-state index contributed by atoms with van der Waals surface area (Å²) in [7, 11) is 3.98. The number of nitrogens with zero attached hydrogens (tertiary/aromatic N) is 7. The lowest BCUT2D eigenvalue weighted by Gasteiger charge is -2.25. The van der Waals surface area contributed by atoms with Crippen molar-refractivity contribution in [2.75, 3.05) is 92.8 Å². The van der Waals surface area contributed by atoms with Crippen LogP contribution in [0.3, 0.4) is 0 Å². The summed E-state index contributed by atoms with van der Waals surface area (Å²) < 4.78 is 5.06. The van der Waals surface area contributed by atoms with Crippen molar-refractivity contribution < 1.29 is 9.84 Å². The van der Waals surface area contributed by atoms with E-state index in [0.29, 0.717) is 18.7 Å². The van der Waals surface area contributed by atoms with Crippen LogP contribution in [0.1, 0.15) is 226 Å². The van der Waals surface area contributed by atoms with Gasteiger partial charge in [-0.25, -0.2) is 0 Å². The lowest BCUT2D eigenvalue weighted by atomic mass is 10.1. The standard InChI is InChI=1S/C9H19NO.C8H17NO.2C8H17N.2C7H15N.C7H14.C6H13N/c1-8-4-5-9(2)10(8)6-7-11-3;1-7-3-4-8(2)9(7)5-6-10;1-4-9-7(2)5-6-8(9)3;1-3-8(2)9-6-4-5-7-9;1-6-4-5-7(2)8(6)3;1-7(2)8-5-3-4-6-8;1-6-3-4-7(2)5-6;1-2-7-5-3-4-6-7/h8-9H,4-7H2,1-3H3;7-8,10H,3-6H2,1-2H3;7-8H,4-6H2,1-3H3;8H,3-7H2,1-2H3;6-7H,4-5H2,1-3H3;7H,3-6H2,1-2H3;6-7H,3-5H2,1-2H3;2-6H2,1H3. The maximum atomic E-state index is 8.72. The molecule has 414 valence electrons. The SMILES string of the molecule is CC(C)N1CCCC1.CC1CCC(C)C1.CC1CCC(C)N1C.CC1CCC(C)N1CCO.CCC(C)N1CCCC1.CCN1C(C)CCC1C.CCN1CCCC1.COCCN1C(C)CCC1C. The van der Waals surface area contributed by atoms with Crippen molar-refractivity contribution >= 4 is 0 Å². The average Bonchev–Trinajstić information content (AvgIpc) is 4.21. The number of methoxy groups -OCH3 is 1. The molecule has 69 heavy (non-hydrogen) atoms. The van der Waals surface area contributed by atoms with Gasteiger partial charge in [0.15, 0.2) is 0 Å². The smallest absolute Gasteiger partial charge is 0.0589 e. The monoisotopic (exact) mass is 978 g/mol. The number of likely N-dealkylation sites (tertiary alicyclic amines) is 7. The fourth-order valence-corrected chi connectivity index (χ4v) is 12.2. The van der Waals surface area contributed by atoms with Gasteiger partial charge in [0.1, 0.15) is 0 Å². The van der Waals surface area contributed by atoms with Gasteiger partial charge in [-0.1, -0.05) is 47.5 Å². The highest BCUT2D eigenvalue weighted by Gasteiger charge is 2.28. The summed E-state index contributed by atoms with van der Waals surface area (Å²) in [6.07, 6.45) is 25.1. The van der Waals surface area contributed by atoms with Crippen LogP contribution in [0.5, 0.6) is 0 Å². The topological polar surface area (TPSA) is 52.1 Å². The Bertz CT molecular complexity index is 1110. The van der Waals surface area contributed by atoms with E-state index in [1.807, 2.05) is 0 Å². The van der Waals surface area contributed by atoms with E-state index < -0.39 is 0 Å². The molecule has 7 heterocycles. The van der Waals surface area contributed by atoms with Gasteiger partial charge in [0.05, 0.1) is 13.2 Å². The van der Waals surface area contributed by atoms with Gasteiger partial charge in [0.25, 0.3) is 0 Å². The first-order chi connectivity index (χ1) is 32.8. The van der Waals surface area contributed by atoms with Crippen LogP contribution in [-0.2, 0) is 4.74 Å². The van der Waals surface area contributed by atoms with Gasteiger partial charge in [-0.3, -0.25) is 14.7 Å². The number of hydrogen-bond donors (Lipinski definition) is 1. The highest BCUT2D eigenvalue weighted by atomic mass is 16.5. The Labute approximate surface area is 433 Å². The fourth-order valence-electron chi connectivity index (χ4n) is 12.2. The fraction of sp³-hybridized carbons (Fsp3) is 1.00. The molecule has 8 fully saturated rings. The van der Waals surface area contributed by atoms with E-state index in [2.05, 4.69) is 152 Å². The first-order valence-corrected chi connectivity index (χ1v) is 30.1. The number of rotatable bonds is 10. The maximum absolute atomic E-state index is 8.72. The molecule has 8 rings (SSSR count). The van der Waals surface area contributed by atoms with Crippen LogP contribution < -0.4 is 0 Å². The van der Waals surface area contributed by atoms with E-state index in [0.717, 1.165) is 79.9 Å². The first-order valence-electron chi connectivity index (χ1n) is 30.1. The molecule has 11 unspecified atom stereocenters. The van der Waals surface area contributed by atoms with Crippen LogP contribution >= 0.6 is 0 Å². The third-order valence-electron chi connectivity index (χ3n) is 17.9. The Balaban J connectivity index is 0.000000396. The average molecular weight is 979 g/mol. The summed E-state index contributed by atoms with van der Waals surface area (Å²) in [5.74, 6) is 2.05. The molecular weight excluding hydrogens is 851 g/mol. The van der Waals surface area contributed by atoms with E-state index in [4.69, 9.17) is 9.84 Å². The Kier molecular flexibility index (Phi) is 37.8. The van der Waals surface area contributed by atoms with Crippen LogP contribution in [0.2, 0.25) is 0 Å². The largest absolute Gasteiger partial charge is 0.395 e. The summed E-state index contributed by atoms with van der Waals surface area (Å²) in [6.45, 7) is 50.3. The molecule has 0 radical (unpaired) electrons. The van der Waals surface area contributed by atoms with E-state index >= 15 is 0 Å². The number of aliphatic hydroxyl groups excluding tert-OH is 1. The highest BCUT2D eigenvalue weighted by molar-refractivity contribution is 4.83. The predicted molar refractivity (Wildman–Crippen MR) is 305 cm³/mol.